The molecule has 0 aliphatic carbocycles. The van der Waals surface area contributed by atoms with Crippen molar-refractivity contribution in [2.75, 3.05) is 6.61 Å². The lowest BCUT2D eigenvalue weighted by atomic mass is 10.0. The lowest BCUT2D eigenvalue weighted by molar-refractivity contribution is 0.0916. The first-order chi connectivity index (χ1) is 9.61. The van der Waals surface area contributed by atoms with Crippen LogP contribution < -0.4 is 5.32 Å². The van der Waals surface area contributed by atoms with E-state index < -0.39 is 0 Å². The summed E-state index contributed by atoms with van der Waals surface area (Å²) in [6.45, 7) is 3.78. The van der Waals surface area contributed by atoms with Gasteiger partial charge in [-0.2, -0.15) is 0 Å². The molecule has 0 aliphatic rings. The molecule has 2 aromatic rings. The second kappa shape index (κ2) is 6.29. The van der Waals surface area contributed by atoms with Crippen LogP contribution in [0.15, 0.2) is 35.1 Å². The molecule has 0 saturated carbocycles. The van der Waals surface area contributed by atoms with E-state index in [0.717, 1.165) is 5.56 Å². The fourth-order valence-corrected chi connectivity index (χ4v) is 1.65. The predicted molar refractivity (Wildman–Crippen MR) is 72.9 cm³/mol. The molecule has 2 unspecified atom stereocenters. The first-order valence-corrected chi connectivity index (χ1v) is 6.40. The van der Waals surface area contributed by atoms with E-state index in [4.69, 9.17) is 9.52 Å². The number of aliphatic hydroxyl groups excluding tert-OH is 1. The van der Waals surface area contributed by atoms with Gasteiger partial charge in [-0.3, -0.25) is 4.79 Å². The zero-order valence-electron chi connectivity index (χ0n) is 11.4. The van der Waals surface area contributed by atoms with Crippen LogP contribution in [0.25, 0.3) is 11.5 Å². The average molecular weight is 275 g/mol. The van der Waals surface area contributed by atoms with Gasteiger partial charge in [-0.05, 0) is 37.1 Å². The third kappa shape index (κ3) is 3.21. The topological polar surface area (TPSA) is 88.2 Å². The molecule has 0 radical (unpaired) electrons. The molecule has 0 fully saturated rings. The fourth-order valence-electron chi connectivity index (χ4n) is 1.65. The van der Waals surface area contributed by atoms with Crippen LogP contribution in [-0.4, -0.2) is 33.9 Å². The zero-order valence-corrected chi connectivity index (χ0v) is 11.4. The lowest BCUT2D eigenvalue weighted by Gasteiger charge is -2.19. The van der Waals surface area contributed by atoms with Gasteiger partial charge in [0, 0.05) is 23.8 Å². The van der Waals surface area contributed by atoms with Crippen molar-refractivity contribution in [3.8, 4) is 11.5 Å². The summed E-state index contributed by atoms with van der Waals surface area (Å²) in [6.07, 6.45) is 1.26. The first kappa shape index (κ1) is 14.2. The molecule has 20 heavy (non-hydrogen) atoms. The molecule has 0 saturated heterocycles. The highest BCUT2D eigenvalue weighted by Gasteiger charge is 2.15. The number of carbonyl (C=O) groups excluding carboxylic acids is 1. The number of hydrogen-bond acceptors (Lipinski definition) is 5. The van der Waals surface area contributed by atoms with Crippen molar-refractivity contribution in [2.45, 2.75) is 19.9 Å². The highest BCUT2D eigenvalue weighted by Crippen LogP contribution is 2.16. The molecular formula is C14H17N3O3. The van der Waals surface area contributed by atoms with Crippen molar-refractivity contribution in [3.63, 3.8) is 0 Å². The van der Waals surface area contributed by atoms with Gasteiger partial charge in [0.25, 0.3) is 5.91 Å². The van der Waals surface area contributed by atoms with Crippen molar-refractivity contribution in [2.24, 2.45) is 5.92 Å². The zero-order chi connectivity index (χ0) is 14.5. The Kier molecular flexibility index (Phi) is 4.47. The monoisotopic (exact) mass is 275 g/mol. The first-order valence-electron chi connectivity index (χ1n) is 6.40. The molecule has 2 atom stereocenters. The van der Waals surface area contributed by atoms with Crippen molar-refractivity contribution < 1.29 is 14.3 Å². The summed E-state index contributed by atoms with van der Waals surface area (Å²) in [7, 11) is 0. The van der Waals surface area contributed by atoms with Gasteiger partial charge in [-0.15, -0.1) is 10.2 Å². The van der Waals surface area contributed by atoms with Gasteiger partial charge in [0.15, 0.2) is 0 Å². The van der Waals surface area contributed by atoms with E-state index >= 15 is 0 Å². The molecule has 0 spiro atoms. The summed E-state index contributed by atoms with van der Waals surface area (Å²) in [5.41, 5.74) is 1.31. The number of aliphatic hydroxyl groups is 1. The summed E-state index contributed by atoms with van der Waals surface area (Å²) in [5.74, 6) is 0.255. The second-order valence-corrected chi connectivity index (χ2v) is 4.74. The van der Waals surface area contributed by atoms with Crippen LogP contribution in [-0.2, 0) is 0 Å². The molecule has 106 valence electrons. The number of aromatic nitrogens is 2. The molecule has 2 rings (SSSR count). The number of nitrogens with one attached hydrogen (secondary N) is 1. The van der Waals surface area contributed by atoms with Crippen molar-refractivity contribution in [1.29, 1.82) is 0 Å². The maximum atomic E-state index is 12.0. The maximum Gasteiger partial charge on any atom is 0.251 e. The van der Waals surface area contributed by atoms with E-state index in [1.165, 1.54) is 6.39 Å². The third-order valence-corrected chi connectivity index (χ3v) is 3.25. The molecule has 0 aliphatic heterocycles. The lowest BCUT2D eigenvalue weighted by Crippen LogP contribution is -2.38. The van der Waals surface area contributed by atoms with E-state index in [9.17, 15) is 4.79 Å². The van der Waals surface area contributed by atoms with Gasteiger partial charge in [0.05, 0.1) is 0 Å². The van der Waals surface area contributed by atoms with Gasteiger partial charge in [-0.1, -0.05) is 6.92 Å². The van der Waals surface area contributed by atoms with Crippen LogP contribution in [0.2, 0.25) is 0 Å². The molecule has 6 heteroatoms. The quantitative estimate of drug-likeness (QED) is 0.863. The third-order valence-electron chi connectivity index (χ3n) is 3.25. The number of rotatable bonds is 5. The smallest absolute Gasteiger partial charge is 0.251 e. The Bertz CT molecular complexity index is 552. The standard InChI is InChI=1S/C14H17N3O3/c1-9(7-18)10(2)16-13(19)11-3-5-12(6-4-11)14-17-15-8-20-14/h3-6,8-10,18H,7H2,1-2H3,(H,16,19). The van der Waals surface area contributed by atoms with Gasteiger partial charge in [-0.25, -0.2) is 0 Å². The molecule has 6 nitrogen and oxygen atoms in total. The van der Waals surface area contributed by atoms with Crippen LogP contribution in [0.5, 0.6) is 0 Å². The summed E-state index contributed by atoms with van der Waals surface area (Å²) in [4.78, 5) is 12.0. The molecule has 1 heterocycles. The Morgan fingerprint density at radius 3 is 2.60 bits per heavy atom. The Hall–Kier alpha value is -2.21. The minimum atomic E-state index is -0.171. The van der Waals surface area contributed by atoms with E-state index in [2.05, 4.69) is 15.5 Å². The SMILES string of the molecule is CC(CO)C(C)NC(=O)c1ccc(-c2nnco2)cc1. The summed E-state index contributed by atoms with van der Waals surface area (Å²) < 4.78 is 5.08. The maximum absolute atomic E-state index is 12.0. The Morgan fingerprint density at radius 2 is 2.05 bits per heavy atom. The number of hydrogen-bond donors (Lipinski definition) is 2. The minimum Gasteiger partial charge on any atom is -0.423 e. The number of carbonyl (C=O) groups is 1. The molecule has 1 aromatic carbocycles. The number of benzene rings is 1. The van der Waals surface area contributed by atoms with Gasteiger partial charge in [0.1, 0.15) is 0 Å². The molecule has 1 aromatic heterocycles. The van der Waals surface area contributed by atoms with Gasteiger partial charge < -0.3 is 14.8 Å². The molecular weight excluding hydrogens is 258 g/mol. The molecule has 2 N–H and O–H groups in total. The Labute approximate surface area is 116 Å². The Morgan fingerprint density at radius 1 is 1.35 bits per heavy atom. The van der Waals surface area contributed by atoms with Crippen LogP contribution >= 0.6 is 0 Å². The predicted octanol–water partition coefficient (Wildman–Crippen LogP) is 1.48. The van der Waals surface area contributed by atoms with Crippen molar-refractivity contribution in [1.82, 2.24) is 15.5 Å². The highest BCUT2D eigenvalue weighted by atomic mass is 16.4. The van der Waals surface area contributed by atoms with Crippen LogP contribution in [0.3, 0.4) is 0 Å². The number of nitrogens with zero attached hydrogens (tertiary/aromatic N) is 2. The highest BCUT2D eigenvalue weighted by molar-refractivity contribution is 5.94. The van der Waals surface area contributed by atoms with Crippen LogP contribution in [0.4, 0.5) is 0 Å². The fraction of sp³-hybridized carbons (Fsp3) is 0.357. The van der Waals surface area contributed by atoms with E-state index in [0.29, 0.717) is 11.5 Å². The van der Waals surface area contributed by atoms with Gasteiger partial charge in [0.2, 0.25) is 12.3 Å². The summed E-state index contributed by atoms with van der Waals surface area (Å²) >= 11 is 0. The van der Waals surface area contributed by atoms with Crippen LogP contribution in [0.1, 0.15) is 24.2 Å². The number of amides is 1. The summed E-state index contributed by atoms with van der Waals surface area (Å²) in [6, 6.07) is 6.81. The normalized spacial score (nSPS) is 13.8. The molecule has 0 bridgehead atoms. The van der Waals surface area contributed by atoms with Crippen LogP contribution in [0, 0.1) is 5.92 Å². The second-order valence-electron chi connectivity index (χ2n) is 4.74. The summed E-state index contributed by atoms with van der Waals surface area (Å²) in [5, 5.41) is 19.3. The van der Waals surface area contributed by atoms with E-state index in [1.54, 1.807) is 24.3 Å². The van der Waals surface area contributed by atoms with Crippen molar-refractivity contribution in [3.05, 3.63) is 36.2 Å². The van der Waals surface area contributed by atoms with Crippen molar-refractivity contribution >= 4 is 5.91 Å². The molecule has 1 amide bonds. The average Bonchev–Trinajstić information content (AvgIpc) is 3.00. The van der Waals surface area contributed by atoms with E-state index in [1.807, 2.05) is 13.8 Å². The minimum absolute atomic E-state index is 0.0108. The van der Waals surface area contributed by atoms with Gasteiger partial charge >= 0.3 is 0 Å². The largest absolute Gasteiger partial charge is 0.423 e. The Balaban J connectivity index is 2.04. The van der Waals surface area contributed by atoms with E-state index in [-0.39, 0.29) is 24.5 Å².